The number of anilines is 1. The number of aromatic nitrogens is 4. The lowest BCUT2D eigenvalue weighted by molar-refractivity contribution is -0.113. The van der Waals surface area contributed by atoms with Gasteiger partial charge in [0.15, 0.2) is 11.0 Å². The number of pyridine rings is 1. The summed E-state index contributed by atoms with van der Waals surface area (Å²) in [5, 5.41) is 22.8. The summed E-state index contributed by atoms with van der Waals surface area (Å²) in [4.78, 5) is 18.1. The Morgan fingerprint density at radius 2 is 2.09 bits per heavy atom. The fraction of sp³-hybridized carbons (Fsp3) is 0.480. The number of rotatable bonds is 8. The number of hydrogen-bond acceptors (Lipinski definition) is 7. The quantitative estimate of drug-likeness (QED) is 0.412. The Balaban J connectivity index is 1.45. The average molecular weight is 495 g/mol. The van der Waals surface area contributed by atoms with Gasteiger partial charge < -0.3 is 9.88 Å². The molecule has 3 heterocycles. The number of thioether (sulfide) groups is 1. The van der Waals surface area contributed by atoms with Crippen molar-refractivity contribution in [1.29, 1.82) is 5.26 Å². The summed E-state index contributed by atoms with van der Waals surface area (Å²) in [7, 11) is 0. The van der Waals surface area contributed by atoms with Crippen LogP contribution in [0.15, 0.2) is 29.7 Å². The van der Waals surface area contributed by atoms with E-state index in [2.05, 4.69) is 47.3 Å². The standard InChI is InChI=1S/C25H30N6OS2/c1-5-25(3,4)17-7-8-18-19(14-26)23(34-20(18)13-17)28-21(32)15-33-24-30-29-22(31(24)6-2)16-9-11-27-12-10-16/h9-12,17H,5-8,13,15H2,1-4H3,(H,28,32). The molecule has 34 heavy (non-hydrogen) atoms. The molecular formula is C25H30N6OS2. The van der Waals surface area contributed by atoms with Crippen molar-refractivity contribution < 1.29 is 4.79 Å². The summed E-state index contributed by atoms with van der Waals surface area (Å²) < 4.78 is 1.99. The molecule has 0 aliphatic heterocycles. The van der Waals surface area contributed by atoms with E-state index >= 15 is 0 Å². The van der Waals surface area contributed by atoms with Crippen molar-refractivity contribution in [2.24, 2.45) is 11.3 Å². The van der Waals surface area contributed by atoms with Crippen LogP contribution < -0.4 is 5.32 Å². The van der Waals surface area contributed by atoms with Crippen LogP contribution in [0.5, 0.6) is 0 Å². The number of hydrogen-bond donors (Lipinski definition) is 1. The highest BCUT2D eigenvalue weighted by Gasteiger charge is 2.34. The van der Waals surface area contributed by atoms with Gasteiger partial charge in [0.2, 0.25) is 5.91 Å². The molecule has 1 aliphatic carbocycles. The van der Waals surface area contributed by atoms with Crippen LogP contribution in [0, 0.1) is 22.7 Å². The van der Waals surface area contributed by atoms with E-state index in [1.165, 1.54) is 16.6 Å². The minimum Gasteiger partial charge on any atom is -0.316 e. The smallest absolute Gasteiger partial charge is 0.235 e. The summed E-state index contributed by atoms with van der Waals surface area (Å²) in [6, 6.07) is 6.14. The summed E-state index contributed by atoms with van der Waals surface area (Å²) in [5.74, 6) is 1.42. The van der Waals surface area contributed by atoms with Crippen LogP contribution >= 0.6 is 23.1 Å². The lowest BCUT2D eigenvalue weighted by Gasteiger charge is -2.36. The third kappa shape index (κ3) is 4.89. The largest absolute Gasteiger partial charge is 0.316 e. The molecule has 1 unspecified atom stereocenters. The molecule has 1 amide bonds. The molecule has 178 valence electrons. The van der Waals surface area contributed by atoms with Crippen molar-refractivity contribution in [1.82, 2.24) is 19.7 Å². The zero-order valence-corrected chi connectivity index (χ0v) is 21.7. The van der Waals surface area contributed by atoms with Gasteiger partial charge in [0.05, 0.1) is 11.3 Å². The first-order chi connectivity index (χ1) is 16.4. The predicted molar refractivity (Wildman–Crippen MR) is 137 cm³/mol. The van der Waals surface area contributed by atoms with E-state index in [1.807, 2.05) is 23.6 Å². The molecule has 3 aromatic heterocycles. The van der Waals surface area contributed by atoms with E-state index in [1.54, 1.807) is 23.7 Å². The molecule has 0 saturated heterocycles. The number of fused-ring (bicyclic) bond motifs is 1. The fourth-order valence-electron chi connectivity index (χ4n) is 4.44. The lowest BCUT2D eigenvalue weighted by Crippen LogP contribution is -2.28. The molecule has 0 aromatic carbocycles. The zero-order valence-electron chi connectivity index (χ0n) is 20.1. The Bertz CT molecular complexity index is 1210. The minimum absolute atomic E-state index is 0.137. The van der Waals surface area contributed by atoms with Gasteiger partial charge >= 0.3 is 0 Å². The molecule has 0 radical (unpaired) electrons. The topological polar surface area (TPSA) is 96.5 Å². The minimum atomic E-state index is -0.137. The van der Waals surface area contributed by atoms with Gasteiger partial charge in [0.25, 0.3) is 0 Å². The second-order valence-corrected chi connectivity index (χ2v) is 11.3. The number of amides is 1. The van der Waals surface area contributed by atoms with Crippen LogP contribution in [-0.2, 0) is 24.2 Å². The number of nitrogens with one attached hydrogen (secondary N) is 1. The molecule has 3 aromatic rings. The monoisotopic (exact) mass is 494 g/mol. The second kappa shape index (κ2) is 10.3. The predicted octanol–water partition coefficient (Wildman–Crippen LogP) is 5.57. The molecule has 1 atom stereocenters. The molecule has 7 nitrogen and oxygen atoms in total. The van der Waals surface area contributed by atoms with Gasteiger partial charge in [0.1, 0.15) is 11.1 Å². The third-order valence-corrected chi connectivity index (χ3v) is 9.09. The summed E-state index contributed by atoms with van der Waals surface area (Å²) >= 11 is 2.93. The van der Waals surface area contributed by atoms with Crippen molar-refractivity contribution >= 4 is 34.0 Å². The highest BCUT2D eigenvalue weighted by Crippen LogP contribution is 2.45. The van der Waals surface area contributed by atoms with Crippen LogP contribution in [-0.4, -0.2) is 31.4 Å². The maximum absolute atomic E-state index is 12.8. The maximum Gasteiger partial charge on any atom is 0.235 e. The van der Waals surface area contributed by atoms with Gasteiger partial charge in [0, 0.05) is 29.4 Å². The van der Waals surface area contributed by atoms with E-state index < -0.39 is 0 Å². The third-order valence-electron chi connectivity index (χ3n) is 6.95. The zero-order chi connectivity index (χ0) is 24.3. The number of thiophene rings is 1. The van der Waals surface area contributed by atoms with Crippen molar-refractivity contribution in [3.8, 4) is 17.5 Å². The fourth-order valence-corrected chi connectivity index (χ4v) is 6.53. The second-order valence-electron chi connectivity index (χ2n) is 9.22. The van der Waals surface area contributed by atoms with E-state index in [-0.39, 0.29) is 17.1 Å². The van der Waals surface area contributed by atoms with Crippen molar-refractivity contribution in [2.75, 3.05) is 11.1 Å². The highest BCUT2D eigenvalue weighted by molar-refractivity contribution is 7.99. The molecule has 0 fully saturated rings. The molecular weight excluding hydrogens is 464 g/mol. The van der Waals surface area contributed by atoms with Crippen LogP contribution in [0.2, 0.25) is 0 Å². The molecule has 0 spiro atoms. The van der Waals surface area contributed by atoms with Crippen molar-refractivity contribution in [3.63, 3.8) is 0 Å². The maximum atomic E-state index is 12.8. The van der Waals surface area contributed by atoms with Crippen molar-refractivity contribution in [3.05, 3.63) is 40.5 Å². The Hall–Kier alpha value is -2.70. The van der Waals surface area contributed by atoms with E-state index in [0.717, 1.165) is 42.6 Å². The first kappa shape index (κ1) is 24.4. The average Bonchev–Trinajstić information content (AvgIpc) is 3.42. The van der Waals surface area contributed by atoms with Gasteiger partial charge in [-0.25, -0.2) is 0 Å². The van der Waals surface area contributed by atoms with Crippen LogP contribution in [0.3, 0.4) is 0 Å². The van der Waals surface area contributed by atoms with Gasteiger partial charge in [-0.1, -0.05) is 39.0 Å². The first-order valence-electron chi connectivity index (χ1n) is 11.7. The van der Waals surface area contributed by atoms with Gasteiger partial charge in [-0.2, -0.15) is 5.26 Å². The lowest BCUT2D eigenvalue weighted by atomic mass is 9.69. The van der Waals surface area contributed by atoms with Gasteiger partial charge in [-0.05, 0) is 55.2 Å². The normalized spacial score (nSPS) is 15.6. The van der Waals surface area contributed by atoms with E-state index in [9.17, 15) is 10.1 Å². The number of carbonyl (C=O) groups excluding carboxylic acids is 1. The SMILES string of the molecule is CCn1c(SCC(=O)Nc2sc3c(c2C#N)CCC(C(C)(C)CC)C3)nnc1-c1ccncc1. The molecule has 0 saturated carbocycles. The van der Waals surface area contributed by atoms with Crippen LogP contribution in [0.1, 0.15) is 56.5 Å². The van der Waals surface area contributed by atoms with E-state index in [4.69, 9.17) is 0 Å². The Labute approximate surface area is 209 Å². The van der Waals surface area contributed by atoms with Gasteiger partial charge in [-0.3, -0.25) is 9.78 Å². The van der Waals surface area contributed by atoms with Gasteiger partial charge in [-0.15, -0.1) is 21.5 Å². The molecule has 4 rings (SSSR count). The molecule has 0 bridgehead atoms. The summed E-state index contributed by atoms with van der Waals surface area (Å²) in [5.41, 5.74) is 2.99. The van der Waals surface area contributed by atoms with E-state index in [0.29, 0.717) is 28.2 Å². The Morgan fingerprint density at radius 3 is 2.76 bits per heavy atom. The van der Waals surface area contributed by atoms with Crippen LogP contribution in [0.4, 0.5) is 5.00 Å². The van der Waals surface area contributed by atoms with Crippen molar-refractivity contribution in [2.45, 2.75) is 65.1 Å². The summed E-state index contributed by atoms with van der Waals surface area (Å²) in [6.07, 6.45) is 7.57. The Morgan fingerprint density at radius 1 is 1.32 bits per heavy atom. The Kier molecular flexibility index (Phi) is 7.39. The highest BCUT2D eigenvalue weighted by atomic mass is 32.2. The molecule has 1 aliphatic rings. The first-order valence-corrected chi connectivity index (χ1v) is 13.5. The van der Waals surface area contributed by atoms with Crippen LogP contribution in [0.25, 0.3) is 11.4 Å². The number of carbonyl (C=O) groups is 1. The summed E-state index contributed by atoms with van der Waals surface area (Å²) in [6.45, 7) is 9.63. The molecule has 9 heteroatoms. The molecule has 1 N–H and O–H groups in total. The number of nitrogens with zero attached hydrogens (tertiary/aromatic N) is 5. The number of nitriles is 1.